The molecular weight excluding hydrogens is 348 g/mol. The highest BCUT2D eigenvalue weighted by Crippen LogP contribution is 2.31. The molecule has 0 unspecified atom stereocenters. The van der Waals surface area contributed by atoms with Crippen molar-refractivity contribution >= 4 is 17.8 Å². The summed E-state index contributed by atoms with van der Waals surface area (Å²) >= 11 is 0. The number of hydrogen-bond donors (Lipinski definition) is 1. The van der Waals surface area contributed by atoms with Crippen LogP contribution in [0, 0.1) is 10.1 Å². The zero-order valence-electron chi connectivity index (χ0n) is 14.0. The van der Waals surface area contributed by atoms with Gasteiger partial charge in [0.1, 0.15) is 5.75 Å². The number of carbonyl (C=O) groups is 1. The monoisotopic (exact) mass is 362 g/mol. The Morgan fingerprint density at radius 2 is 1.70 bits per heavy atom. The van der Waals surface area contributed by atoms with Crippen LogP contribution in [0.15, 0.2) is 78.2 Å². The molecule has 8 nitrogen and oxygen atoms in total. The van der Waals surface area contributed by atoms with Crippen molar-refractivity contribution in [1.29, 1.82) is 0 Å². The second-order valence-corrected chi connectivity index (χ2v) is 5.30. The van der Waals surface area contributed by atoms with E-state index in [9.17, 15) is 14.9 Å². The quantitative estimate of drug-likeness (QED) is 0.410. The van der Waals surface area contributed by atoms with Crippen molar-refractivity contribution in [1.82, 2.24) is 10.4 Å². The molecule has 1 amide bonds. The first kappa shape index (κ1) is 17.7. The first-order chi connectivity index (χ1) is 13.1. The summed E-state index contributed by atoms with van der Waals surface area (Å²) in [6.45, 7) is 0. The smallest absolute Gasteiger partial charge is 0.311 e. The number of pyridine rings is 1. The number of benzene rings is 2. The molecule has 3 aromatic rings. The number of nitro groups is 1. The van der Waals surface area contributed by atoms with E-state index < -0.39 is 4.92 Å². The first-order valence-corrected chi connectivity index (χ1v) is 7.89. The number of nitrogens with one attached hydrogen (secondary N) is 1. The summed E-state index contributed by atoms with van der Waals surface area (Å²) in [5.74, 6) is 0.101. The summed E-state index contributed by atoms with van der Waals surface area (Å²) in [6, 6.07) is 16.1. The molecule has 0 bridgehead atoms. The van der Waals surface area contributed by atoms with Gasteiger partial charge in [-0.25, -0.2) is 5.43 Å². The minimum atomic E-state index is -0.513. The number of amides is 1. The maximum Gasteiger partial charge on any atom is 0.311 e. The van der Waals surface area contributed by atoms with Gasteiger partial charge >= 0.3 is 5.69 Å². The van der Waals surface area contributed by atoms with Gasteiger partial charge in [0.05, 0.1) is 11.1 Å². The maximum absolute atomic E-state index is 12.0. The third-order valence-electron chi connectivity index (χ3n) is 3.51. The molecule has 0 saturated carbocycles. The van der Waals surface area contributed by atoms with Crippen molar-refractivity contribution in [2.45, 2.75) is 0 Å². The van der Waals surface area contributed by atoms with E-state index in [2.05, 4.69) is 15.5 Å². The molecule has 0 aliphatic rings. The van der Waals surface area contributed by atoms with Crippen LogP contribution in [0.2, 0.25) is 0 Å². The molecule has 2 aromatic carbocycles. The lowest BCUT2D eigenvalue weighted by atomic mass is 10.2. The van der Waals surface area contributed by atoms with Crippen LogP contribution in [0.4, 0.5) is 5.69 Å². The Morgan fingerprint density at radius 3 is 2.44 bits per heavy atom. The molecule has 0 aliphatic carbocycles. The van der Waals surface area contributed by atoms with Gasteiger partial charge in [0.15, 0.2) is 0 Å². The van der Waals surface area contributed by atoms with Gasteiger partial charge in [-0.15, -0.1) is 0 Å². The summed E-state index contributed by atoms with van der Waals surface area (Å²) in [7, 11) is 0. The third-order valence-corrected chi connectivity index (χ3v) is 3.51. The van der Waals surface area contributed by atoms with Gasteiger partial charge in [-0.2, -0.15) is 5.10 Å². The molecule has 0 aliphatic heterocycles. The van der Waals surface area contributed by atoms with E-state index in [0.29, 0.717) is 16.9 Å². The van der Waals surface area contributed by atoms with E-state index in [1.54, 1.807) is 48.5 Å². The average Bonchev–Trinajstić information content (AvgIpc) is 2.70. The highest BCUT2D eigenvalue weighted by atomic mass is 16.6. The van der Waals surface area contributed by atoms with Crippen molar-refractivity contribution in [3.8, 4) is 11.5 Å². The predicted molar refractivity (Wildman–Crippen MR) is 98.9 cm³/mol. The van der Waals surface area contributed by atoms with E-state index in [-0.39, 0.29) is 17.3 Å². The molecule has 27 heavy (non-hydrogen) atoms. The lowest BCUT2D eigenvalue weighted by Gasteiger charge is -2.08. The summed E-state index contributed by atoms with van der Waals surface area (Å²) in [5, 5.41) is 15.0. The number of para-hydroxylation sites is 3. The molecule has 0 radical (unpaired) electrons. The molecule has 1 aromatic heterocycles. The zero-order chi connectivity index (χ0) is 19.1. The number of hydrazone groups is 1. The van der Waals surface area contributed by atoms with Gasteiger partial charge in [-0.3, -0.25) is 19.9 Å². The standard InChI is InChI=1S/C19H14N4O4/c24-19(14-9-11-20-12-10-14)22-21-13-15-5-1-3-7-17(15)27-18-8-4-2-6-16(18)23(25)26/h1-13H,(H,22,24)/b21-13+. The number of nitrogens with zero attached hydrogens (tertiary/aromatic N) is 3. The molecule has 3 rings (SSSR count). The Bertz CT molecular complexity index is 990. The zero-order valence-corrected chi connectivity index (χ0v) is 14.0. The Hall–Kier alpha value is -4.07. The molecule has 0 atom stereocenters. The van der Waals surface area contributed by atoms with Crippen molar-refractivity contribution in [3.05, 3.63) is 94.3 Å². The molecule has 134 valence electrons. The average molecular weight is 362 g/mol. The van der Waals surface area contributed by atoms with Crippen LogP contribution in [-0.2, 0) is 0 Å². The number of hydrogen-bond acceptors (Lipinski definition) is 6. The van der Waals surface area contributed by atoms with Crippen molar-refractivity contribution in [3.63, 3.8) is 0 Å². The van der Waals surface area contributed by atoms with Crippen LogP contribution in [0.25, 0.3) is 0 Å². The van der Waals surface area contributed by atoms with Gasteiger partial charge < -0.3 is 4.74 Å². The second-order valence-electron chi connectivity index (χ2n) is 5.30. The van der Waals surface area contributed by atoms with Gasteiger partial charge in [-0.05, 0) is 30.3 Å². The topological polar surface area (TPSA) is 107 Å². The van der Waals surface area contributed by atoms with Gasteiger partial charge in [0.25, 0.3) is 5.91 Å². The highest BCUT2D eigenvalue weighted by molar-refractivity contribution is 5.94. The minimum absolute atomic E-state index is 0.115. The largest absolute Gasteiger partial charge is 0.449 e. The molecule has 0 spiro atoms. The fourth-order valence-corrected chi connectivity index (χ4v) is 2.22. The first-order valence-electron chi connectivity index (χ1n) is 7.89. The third kappa shape index (κ3) is 4.51. The van der Waals surface area contributed by atoms with Gasteiger partial charge in [-0.1, -0.05) is 24.3 Å². The molecular formula is C19H14N4O4. The predicted octanol–water partition coefficient (Wildman–Crippen LogP) is 3.55. The summed E-state index contributed by atoms with van der Waals surface area (Å²) in [4.78, 5) is 26.4. The molecule has 0 saturated heterocycles. The van der Waals surface area contributed by atoms with E-state index in [0.717, 1.165) is 0 Å². The fourth-order valence-electron chi connectivity index (χ4n) is 2.22. The van der Waals surface area contributed by atoms with E-state index >= 15 is 0 Å². The minimum Gasteiger partial charge on any atom is -0.449 e. The number of nitro benzene ring substituents is 1. The number of ether oxygens (including phenoxy) is 1. The number of carbonyl (C=O) groups excluding carboxylic acids is 1. The normalized spacial score (nSPS) is 10.5. The SMILES string of the molecule is O=C(N/N=C/c1ccccc1Oc1ccccc1[N+](=O)[O-])c1ccncc1. The molecule has 1 heterocycles. The van der Waals surface area contributed by atoms with E-state index in [1.165, 1.54) is 30.7 Å². The van der Waals surface area contributed by atoms with Crippen molar-refractivity contribution < 1.29 is 14.5 Å². The van der Waals surface area contributed by atoms with Gasteiger partial charge in [0, 0.05) is 29.6 Å². The van der Waals surface area contributed by atoms with Crippen molar-refractivity contribution in [2.75, 3.05) is 0 Å². The molecule has 8 heteroatoms. The van der Waals surface area contributed by atoms with Crippen LogP contribution in [0.3, 0.4) is 0 Å². The van der Waals surface area contributed by atoms with Crippen molar-refractivity contribution in [2.24, 2.45) is 5.10 Å². The second kappa shape index (κ2) is 8.34. The Balaban J connectivity index is 1.77. The van der Waals surface area contributed by atoms with Crippen LogP contribution in [0.5, 0.6) is 11.5 Å². The van der Waals surface area contributed by atoms with Crippen LogP contribution >= 0.6 is 0 Å². The maximum atomic E-state index is 12.0. The van der Waals surface area contributed by atoms with E-state index in [4.69, 9.17) is 4.74 Å². The fraction of sp³-hybridized carbons (Fsp3) is 0. The lowest BCUT2D eigenvalue weighted by molar-refractivity contribution is -0.385. The Morgan fingerprint density at radius 1 is 1.04 bits per heavy atom. The van der Waals surface area contributed by atoms with Crippen LogP contribution < -0.4 is 10.2 Å². The summed E-state index contributed by atoms with van der Waals surface area (Å²) in [6.07, 6.45) is 4.42. The highest BCUT2D eigenvalue weighted by Gasteiger charge is 2.15. The lowest BCUT2D eigenvalue weighted by Crippen LogP contribution is -2.17. The molecule has 0 fully saturated rings. The molecule has 1 N–H and O–H groups in total. The van der Waals surface area contributed by atoms with Gasteiger partial charge in [0.2, 0.25) is 5.75 Å². The number of rotatable bonds is 6. The summed E-state index contributed by atoms with van der Waals surface area (Å²) < 4.78 is 5.69. The summed E-state index contributed by atoms with van der Waals surface area (Å²) in [5.41, 5.74) is 3.23. The Kier molecular flexibility index (Phi) is 5.48. The van der Waals surface area contributed by atoms with E-state index in [1.807, 2.05) is 0 Å². The number of aromatic nitrogens is 1. The Labute approximate surface area is 154 Å². The van der Waals surface area contributed by atoms with Crippen LogP contribution in [0.1, 0.15) is 15.9 Å². The van der Waals surface area contributed by atoms with Crippen LogP contribution in [-0.4, -0.2) is 22.0 Å².